The number of nitrogens with zero attached hydrogens (tertiary/aromatic N) is 1. The van der Waals surface area contributed by atoms with Gasteiger partial charge in [-0.2, -0.15) is 0 Å². The van der Waals surface area contributed by atoms with Gasteiger partial charge in [0, 0.05) is 24.4 Å². The molecule has 1 aromatic heterocycles. The number of allylic oxidation sites excluding steroid dienone is 4. The molecule has 0 atom stereocenters. The van der Waals surface area contributed by atoms with E-state index < -0.39 is 5.97 Å². The Balaban J connectivity index is 2.03. The molecule has 1 aromatic carbocycles. The van der Waals surface area contributed by atoms with E-state index in [0.29, 0.717) is 6.42 Å². The first kappa shape index (κ1) is 17.9. The first-order chi connectivity index (χ1) is 12.7. The highest BCUT2D eigenvalue weighted by Crippen LogP contribution is 2.37. The van der Waals surface area contributed by atoms with Gasteiger partial charge in [-0.3, -0.25) is 9.78 Å². The van der Waals surface area contributed by atoms with Crippen molar-refractivity contribution in [1.82, 2.24) is 4.98 Å². The van der Waals surface area contributed by atoms with E-state index >= 15 is 0 Å². The summed E-state index contributed by atoms with van der Waals surface area (Å²) in [4.78, 5) is 15.1. The number of carboxylic acids is 1. The molecule has 1 N–H and O–H groups in total. The van der Waals surface area contributed by atoms with Gasteiger partial charge >= 0.3 is 5.97 Å². The van der Waals surface area contributed by atoms with E-state index in [0.717, 1.165) is 18.4 Å². The van der Waals surface area contributed by atoms with Crippen LogP contribution < -0.4 is 0 Å². The molecule has 132 valence electrons. The number of hydrogen-bond acceptors (Lipinski definition) is 2. The second-order valence-electron chi connectivity index (χ2n) is 6.37. The zero-order chi connectivity index (χ0) is 18.4. The topological polar surface area (TPSA) is 50.2 Å². The summed E-state index contributed by atoms with van der Waals surface area (Å²) in [5.74, 6) is -0.729. The molecular formula is C23H23NO2. The van der Waals surface area contributed by atoms with Crippen LogP contribution in [-0.2, 0) is 4.79 Å². The number of hydrogen-bond donors (Lipinski definition) is 1. The Kier molecular flexibility index (Phi) is 5.80. The Morgan fingerprint density at radius 3 is 2.77 bits per heavy atom. The van der Waals surface area contributed by atoms with Crippen LogP contribution in [-0.4, -0.2) is 16.1 Å². The van der Waals surface area contributed by atoms with Crippen LogP contribution in [0, 0.1) is 0 Å². The molecule has 0 spiro atoms. The molecule has 0 bridgehead atoms. The molecule has 0 fully saturated rings. The number of carbonyl (C=O) groups is 1. The molecule has 26 heavy (non-hydrogen) atoms. The molecule has 3 heteroatoms. The number of fused-ring (bicyclic) bond motifs is 2. The summed E-state index contributed by atoms with van der Waals surface area (Å²) in [6.07, 6.45) is 15.0. The average Bonchev–Trinajstić information content (AvgIpc) is 2.77. The van der Waals surface area contributed by atoms with E-state index in [-0.39, 0.29) is 6.42 Å². The normalized spacial score (nSPS) is 14.7. The fourth-order valence-electron chi connectivity index (χ4n) is 3.32. The van der Waals surface area contributed by atoms with Crippen LogP contribution in [0.4, 0.5) is 0 Å². The van der Waals surface area contributed by atoms with Crippen molar-refractivity contribution in [2.45, 2.75) is 32.6 Å². The van der Waals surface area contributed by atoms with Gasteiger partial charge in [-0.05, 0) is 66.2 Å². The summed E-state index contributed by atoms with van der Waals surface area (Å²) in [5.41, 5.74) is 7.03. The predicted octanol–water partition coefficient (Wildman–Crippen LogP) is 5.59. The number of pyridine rings is 1. The van der Waals surface area contributed by atoms with Crippen molar-refractivity contribution in [2.24, 2.45) is 0 Å². The van der Waals surface area contributed by atoms with E-state index in [1.54, 1.807) is 0 Å². The standard InChI is InChI=1S/C23H23NO2/c1-2-8-17-15-18-9-6-7-10-19(18)21(11-4-3-5-12-23(25)26)22-16-24-14-13-20(17)22/h2,6-11,13-16H,3-5,12H2,1H3,(H,25,26). The fraction of sp³-hybridized carbons (Fsp3) is 0.217. The molecule has 1 aliphatic carbocycles. The van der Waals surface area contributed by atoms with Crippen molar-refractivity contribution in [3.8, 4) is 0 Å². The fourth-order valence-corrected chi connectivity index (χ4v) is 3.32. The van der Waals surface area contributed by atoms with Crippen molar-refractivity contribution < 1.29 is 9.90 Å². The highest BCUT2D eigenvalue weighted by atomic mass is 16.4. The zero-order valence-electron chi connectivity index (χ0n) is 15.0. The smallest absolute Gasteiger partial charge is 0.303 e. The molecule has 0 unspecified atom stereocenters. The van der Waals surface area contributed by atoms with Crippen LogP contribution in [0.25, 0.3) is 17.2 Å². The lowest BCUT2D eigenvalue weighted by atomic mass is 9.92. The lowest BCUT2D eigenvalue weighted by molar-refractivity contribution is -0.137. The number of aliphatic carboxylic acids is 1. The molecule has 2 aromatic rings. The maximum absolute atomic E-state index is 10.7. The molecule has 3 nitrogen and oxygen atoms in total. The van der Waals surface area contributed by atoms with Crippen molar-refractivity contribution in [3.63, 3.8) is 0 Å². The molecule has 0 amide bonds. The lowest BCUT2D eigenvalue weighted by Gasteiger charge is -2.12. The molecule has 1 heterocycles. The number of carboxylic acid groups (broad SMARTS) is 1. The molecule has 3 rings (SSSR count). The number of aromatic nitrogens is 1. The van der Waals surface area contributed by atoms with Crippen LogP contribution in [0.5, 0.6) is 0 Å². The first-order valence-electron chi connectivity index (χ1n) is 9.01. The largest absolute Gasteiger partial charge is 0.481 e. The van der Waals surface area contributed by atoms with Gasteiger partial charge in [-0.15, -0.1) is 0 Å². The maximum atomic E-state index is 10.7. The van der Waals surface area contributed by atoms with Crippen LogP contribution in [0.15, 0.2) is 61.0 Å². The Morgan fingerprint density at radius 2 is 1.96 bits per heavy atom. The molecular weight excluding hydrogens is 322 g/mol. The lowest BCUT2D eigenvalue weighted by Crippen LogP contribution is -1.95. The Morgan fingerprint density at radius 1 is 1.12 bits per heavy atom. The second kappa shape index (κ2) is 8.43. The van der Waals surface area contributed by atoms with E-state index in [4.69, 9.17) is 5.11 Å². The summed E-state index contributed by atoms with van der Waals surface area (Å²) < 4.78 is 0. The summed E-state index contributed by atoms with van der Waals surface area (Å²) in [7, 11) is 0. The summed E-state index contributed by atoms with van der Waals surface area (Å²) in [5, 5.41) is 8.80. The quantitative estimate of drug-likeness (QED) is 0.694. The second-order valence-corrected chi connectivity index (χ2v) is 6.37. The molecule has 0 radical (unpaired) electrons. The van der Waals surface area contributed by atoms with Crippen LogP contribution in [0.2, 0.25) is 0 Å². The first-order valence-corrected chi connectivity index (χ1v) is 9.01. The monoisotopic (exact) mass is 345 g/mol. The minimum atomic E-state index is -0.729. The third-order valence-electron chi connectivity index (χ3n) is 4.52. The number of benzene rings is 1. The molecule has 0 saturated heterocycles. The third-order valence-corrected chi connectivity index (χ3v) is 4.52. The van der Waals surface area contributed by atoms with Crippen molar-refractivity contribution >= 4 is 23.2 Å². The van der Waals surface area contributed by atoms with Gasteiger partial charge in [-0.1, -0.05) is 42.5 Å². The third kappa shape index (κ3) is 3.99. The minimum absolute atomic E-state index is 0.227. The zero-order valence-corrected chi connectivity index (χ0v) is 15.0. The van der Waals surface area contributed by atoms with E-state index in [9.17, 15) is 4.79 Å². The van der Waals surface area contributed by atoms with Gasteiger partial charge in [0.1, 0.15) is 0 Å². The van der Waals surface area contributed by atoms with Crippen molar-refractivity contribution in [3.05, 3.63) is 83.2 Å². The summed E-state index contributed by atoms with van der Waals surface area (Å²) in [6.45, 7) is 2.03. The van der Waals surface area contributed by atoms with Gasteiger partial charge in [0.25, 0.3) is 0 Å². The number of unbranched alkanes of at least 4 members (excludes halogenated alkanes) is 2. The Bertz CT molecular complexity index is 891. The van der Waals surface area contributed by atoms with Crippen molar-refractivity contribution in [2.75, 3.05) is 0 Å². The van der Waals surface area contributed by atoms with Gasteiger partial charge < -0.3 is 5.11 Å². The van der Waals surface area contributed by atoms with Crippen molar-refractivity contribution in [1.29, 1.82) is 0 Å². The minimum Gasteiger partial charge on any atom is -0.481 e. The van der Waals surface area contributed by atoms with Gasteiger partial charge in [-0.25, -0.2) is 0 Å². The van der Waals surface area contributed by atoms with Gasteiger partial charge in [0.2, 0.25) is 0 Å². The molecule has 0 saturated carbocycles. The Hall–Kier alpha value is -2.94. The maximum Gasteiger partial charge on any atom is 0.303 e. The summed E-state index contributed by atoms with van der Waals surface area (Å²) >= 11 is 0. The van der Waals surface area contributed by atoms with E-state index in [1.165, 1.54) is 27.8 Å². The van der Waals surface area contributed by atoms with Gasteiger partial charge in [0.15, 0.2) is 0 Å². The average molecular weight is 345 g/mol. The highest BCUT2D eigenvalue weighted by molar-refractivity contribution is 6.00. The molecule has 0 aliphatic heterocycles. The molecule has 1 aliphatic rings. The van der Waals surface area contributed by atoms with Gasteiger partial charge in [0.05, 0.1) is 0 Å². The SMILES string of the molecule is CC=CC1=Cc2ccccc2C(=CCCCCC(=O)O)c2cnccc21. The summed E-state index contributed by atoms with van der Waals surface area (Å²) in [6, 6.07) is 10.5. The highest BCUT2D eigenvalue weighted by Gasteiger charge is 2.18. The van der Waals surface area contributed by atoms with E-state index in [1.807, 2.05) is 19.3 Å². The van der Waals surface area contributed by atoms with Crippen LogP contribution in [0.3, 0.4) is 0 Å². The Labute approximate surface area is 154 Å². The van der Waals surface area contributed by atoms with Crippen LogP contribution >= 0.6 is 0 Å². The number of rotatable bonds is 6. The van der Waals surface area contributed by atoms with Crippen LogP contribution in [0.1, 0.15) is 54.9 Å². The van der Waals surface area contributed by atoms with E-state index in [2.05, 4.69) is 59.6 Å². The predicted molar refractivity (Wildman–Crippen MR) is 107 cm³/mol.